The van der Waals surface area contributed by atoms with Crippen LogP contribution in [0.2, 0.25) is 0 Å². The van der Waals surface area contributed by atoms with Crippen LogP contribution in [0.3, 0.4) is 0 Å². The monoisotopic (exact) mass is 202 g/mol. The number of allylic oxidation sites excluding steroid dienone is 2. The number of nitrogens with zero attached hydrogens (tertiary/aromatic N) is 1. The van der Waals surface area contributed by atoms with Crippen LogP contribution in [0, 0.1) is 5.41 Å². The first-order valence-corrected chi connectivity index (χ1v) is 5.65. The van der Waals surface area contributed by atoms with Gasteiger partial charge in [0.15, 0.2) is 0 Å². The number of H-pyrrole nitrogens is 1. The Bertz CT molecular complexity index is 335. The molecular formula is C12H19BN2. The fraction of sp³-hybridized carbons (Fsp3) is 0.500. The minimum atomic E-state index is 0.194. The van der Waals surface area contributed by atoms with Crippen molar-refractivity contribution in [1.82, 2.24) is 10.1 Å². The second-order valence-corrected chi connectivity index (χ2v) is 3.77. The summed E-state index contributed by atoms with van der Waals surface area (Å²) in [6.07, 6.45) is 9.85. The van der Waals surface area contributed by atoms with Crippen molar-refractivity contribution in [1.29, 1.82) is 0 Å². The number of aromatic nitrogens is 2. The molecule has 0 bridgehead atoms. The van der Waals surface area contributed by atoms with Gasteiger partial charge >= 0.3 is 78.3 Å². The molecule has 0 spiro atoms. The molecule has 0 amide bonds. The first kappa shape index (κ1) is 12.0. The molecule has 0 aliphatic heterocycles. The normalized spacial score (nSPS) is 22.4. The van der Waals surface area contributed by atoms with Gasteiger partial charge in [-0.1, -0.05) is 13.8 Å². The Kier molecular flexibility index (Phi) is 4.07. The van der Waals surface area contributed by atoms with E-state index in [4.69, 9.17) is 0 Å². The Morgan fingerprint density at radius 2 is 2.00 bits per heavy atom. The van der Waals surface area contributed by atoms with E-state index < -0.39 is 0 Å². The zero-order valence-corrected chi connectivity index (χ0v) is 10.0. The molecular weight excluding hydrogens is 183 g/mol. The Labute approximate surface area is 92.7 Å². The number of aromatic amines is 1. The maximum absolute atomic E-state index is 3.99. The Balaban J connectivity index is 0.000000531. The van der Waals surface area contributed by atoms with Crippen LogP contribution >= 0.6 is 0 Å². The van der Waals surface area contributed by atoms with Crippen molar-refractivity contribution >= 4 is 19.2 Å². The van der Waals surface area contributed by atoms with Crippen LogP contribution in [0.15, 0.2) is 12.2 Å². The number of nitrogens with one attached hydrogen (secondary N) is 1. The molecule has 1 aliphatic carbocycles. The first-order valence-electron chi connectivity index (χ1n) is 5.65. The molecule has 2 rings (SSSR count). The van der Waals surface area contributed by atoms with Crippen molar-refractivity contribution in [2.75, 3.05) is 0 Å². The fourth-order valence-corrected chi connectivity index (χ4v) is 1.42. The van der Waals surface area contributed by atoms with Gasteiger partial charge in [-0.15, -0.1) is 0 Å². The summed E-state index contributed by atoms with van der Waals surface area (Å²) >= 11 is 0. The predicted molar refractivity (Wildman–Crippen MR) is 67.7 cm³/mol. The van der Waals surface area contributed by atoms with Crippen LogP contribution in [0.5, 0.6) is 0 Å². The molecule has 15 heavy (non-hydrogen) atoms. The van der Waals surface area contributed by atoms with Crippen molar-refractivity contribution < 1.29 is 0 Å². The van der Waals surface area contributed by atoms with E-state index in [1.54, 1.807) is 0 Å². The van der Waals surface area contributed by atoms with Crippen molar-refractivity contribution in [3.05, 3.63) is 23.3 Å². The number of rotatable bonds is 1. The van der Waals surface area contributed by atoms with Gasteiger partial charge in [-0.25, -0.2) is 0 Å². The first-order chi connectivity index (χ1) is 7.23. The van der Waals surface area contributed by atoms with E-state index >= 15 is 0 Å². The summed E-state index contributed by atoms with van der Waals surface area (Å²) in [6.45, 7) is 8.44. The molecule has 0 aromatic carbocycles. The number of fused-ring (bicyclic) bond motifs is 1. The van der Waals surface area contributed by atoms with Gasteiger partial charge in [0, 0.05) is 0 Å². The second kappa shape index (κ2) is 5.10. The average molecular weight is 202 g/mol. The molecule has 3 heteroatoms. The summed E-state index contributed by atoms with van der Waals surface area (Å²) < 4.78 is 0. The standard InChI is InChI=1S/C10H13BN2.C2H6/c1-3-10(2)6-4-8-9(5-7-10)12-13-11-8;1-2/h4-7,12H,3H2,1-2H3;1-2H3. The van der Waals surface area contributed by atoms with Crippen molar-refractivity contribution in [3.8, 4) is 0 Å². The third-order valence-corrected chi connectivity index (χ3v) is 2.74. The van der Waals surface area contributed by atoms with Gasteiger partial charge in [0.05, 0.1) is 0 Å². The summed E-state index contributed by atoms with van der Waals surface area (Å²) in [7, 11) is 1.86. The van der Waals surface area contributed by atoms with Gasteiger partial charge in [-0.2, -0.15) is 0 Å². The van der Waals surface area contributed by atoms with Gasteiger partial charge < -0.3 is 0 Å². The van der Waals surface area contributed by atoms with Crippen molar-refractivity contribution in [3.63, 3.8) is 0 Å². The number of hydrogen-bond donors (Lipinski definition) is 1. The molecule has 0 saturated carbocycles. The quantitative estimate of drug-likeness (QED) is 0.743. The van der Waals surface area contributed by atoms with E-state index in [-0.39, 0.29) is 5.41 Å². The molecule has 1 atom stereocenters. The maximum atomic E-state index is 3.99. The van der Waals surface area contributed by atoms with Gasteiger partial charge in [0.1, 0.15) is 0 Å². The van der Waals surface area contributed by atoms with E-state index in [0.29, 0.717) is 0 Å². The molecule has 2 nitrogen and oxygen atoms in total. The van der Waals surface area contributed by atoms with Crippen LogP contribution in [0.25, 0.3) is 12.2 Å². The predicted octanol–water partition coefficient (Wildman–Crippen LogP) is 3.23. The van der Waals surface area contributed by atoms with Crippen LogP contribution in [-0.2, 0) is 0 Å². The molecule has 0 fully saturated rings. The molecule has 0 saturated heterocycles. The van der Waals surface area contributed by atoms with Gasteiger partial charge in [-0.3, -0.25) is 0 Å². The van der Waals surface area contributed by atoms with Gasteiger partial charge in [0.25, 0.3) is 0 Å². The molecule has 1 N–H and O–H groups in total. The summed E-state index contributed by atoms with van der Waals surface area (Å²) in [6, 6.07) is 0. The van der Waals surface area contributed by atoms with E-state index in [1.165, 1.54) is 5.46 Å². The molecule has 1 aliphatic rings. The summed E-state index contributed by atoms with van der Waals surface area (Å²) in [5.74, 6) is 0. The van der Waals surface area contributed by atoms with Gasteiger partial charge in [0.2, 0.25) is 0 Å². The van der Waals surface area contributed by atoms with E-state index in [2.05, 4.69) is 48.3 Å². The Hall–Kier alpha value is -1.12. The summed E-state index contributed by atoms with van der Waals surface area (Å²) in [5.41, 5.74) is 2.47. The summed E-state index contributed by atoms with van der Waals surface area (Å²) in [5, 5.41) is 6.96. The zero-order chi connectivity index (χ0) is 11.3. The van der Waals surface area contributed by atoms with Crippen LogP contribution in [0.4, 0.5) is 0 Å². The summed E-state index contributed by atoms with van der Waals surface area (Å²) in [4.78, 5) is 0. The topological polar surface area (TPSA) is 28.7 Å². The molecule has 1 aromatic heterocycles. The van der Waals surface area contributed by atoms with Crippen molar-refractivity contribution in [2.45, 2.75) is 34.1 Å². The van der Waals surface area contributed by atoms with Crippen LogP contribution in [-0.4, -0.2) is 17.2 Å². The van der Waals surface area contributed by atoms with Crippen molar-refractivity contribution in [2.24, 2.45) is 5.41 Å². The van der Waals surface area contributed by atoms with Crippen LogP contribution < -0.4 is 0 Å². The van der Waals surface area contributed by atoms with Gasteiger partial charge in [-0.05, 0) is 0 Å². The fourth-order valence-electron chi connectivity index (χ4n) is 1.42. The number of hydrogen-bond acceptors (Lipinski definition) is 1. The molecule has 1 heterocycles. The third-order valence-electron chi connectivity index (χ3n) is 2.74. The van der Waals surface area contributed by atoms with E-state index in [9.17, 15) is 0 Å². The molecule has 1 unspecified atom stereocenters. The molecule has 1 aromatic rings. The molecule has 0 radical (unpaired) electrons. The Morgan fingerprint density at radius 3 is 2.67 bits per heavy atom. The average Bonchev–Trinajstić information content (AvgIpc) is 2.68. The van der Waals surface area contributed by atoms with E-state index in [0.717, 1.165) is 12.1 Å². The third kappa shape index (κ3) is 2.68. The zero-order valence-electron chi connectivity index (χ0n) is 10.0. The minimum absolute atomic E-state index is 0.194. The second-order valence-electron chi connectivity index (χ2n) is 3.77. The SMILES string of the molecule is CC.CCC1(C)C=Cc2bn[nH]c2C=C1. The van der Waals surface area contributed by atoms with Crippen LogP contribution in [0.1, 0.15) is 45.3 Å². The van der Waals surface area contributed by atoms with E-state index in [1.807, 2.05) is 20.9 Å². The molecule has 80 valence electrons. The Morgan fingerprint density at radius 1 is 1.33 bits per heavy atom.